The third kappa shape index (κ3) is 4.23. The smallest absolute Gasteiger partial charge is 0.203 e. The molecular weight excluding hydrogens is 354 g/mol. The predicted molar refractivity (Wildman–Crippen MR) is 110 cm³/mol. The Balaban J connectivity index is 2.84. The molecule has 3 N–H and O–H groups in total. The first-order chi connectivity index (χ1) is 13.4. The first-order valence-electron chi connectivity index (χ1n) is 9.06. The van der Waals surface area contributed by atoms with Crippen LogP contribution in [0, 0.1) is 11.3 Å². The van der Waals surface area contributed by atoms with Gasteiger partial charge in [-0.25, -0.2) is 4.58 Å². The van der Waals surface area contributed by atoms with Crippen LogP contribution in [0.1, 0.15) is 29.2 Å². The van der Waals surface area contributed by atoms with E-state index in [1.165, 1.54) is 0 Å². The van der Waals surface area contributed by atoms with E-state index >= 15 is 0 Å². The Morgan fingerprint density at radius 3 is 2.21 bits per heavy atom. The molecule has 0 saturated carbocycles. The van der Waals surface area contributed by atoms with Crippen molar-refractivity contribution in [2.24, 2.45) is 0 Å². The second-order valence-corrected chi connectivity index (χ2v) is 6.86. The van der Waals surface area contributed by atoms with Gasteiger partial charge in [0.15, 0.2) is 0 Å². The van der Waals surface area contributed by atoms with Gasteiger partial charge in [0.25, 0.3) is 0 Å². The lowest BCUT2D eigenvalue weighted by atomic mass is 9.85. The SMILES string of the molecule is CNCc1cc(CO)c(/C(C#N)=C2/C(C)=CC(=[N+](C)C)C=C2OC)c(CO)c1. The van der Waals surface area contributed by atoms with Gasteiger partial charge in [-0.3, -0.25) is 0 Å². The highest BCUT2D eigenvalue weighted by atomic mass is 16.5. The number of benzene rings is 1. The normalized spacial score (nSPS) is 15.6. The standard InChI is InChI=1S/C22H28N3O3/c1-14-6-18(25(3)4)9-20(28-5)21(14)19(10-23)22-16(12-26)7-15(11-24-2)8-17(22)13-27/h6-9,24,26-27H,11-13H2,1-5H3/q+1/b21-19-. The van der Waals surface area contributed by atoms with Gasteiger partial charge >= 0.3 is 0 Å². The minimum atomic E-state index is -0.234. The van der Waals surface area contributed by atoms with Crippen molar-refractivity contribution in [1.82, 2.24) is 5.32 Å². The average molecular weight is 382 g/mol. The van der Waals surface area contributed by atoms with E-state index in [1.54, 1.807) is 7.11 Å². The van der Waals surface area contributed by atoms with Gasteiger partial charge in [-0.05, 0) is 36.2 Å². The zero-order chi connectivity index (χ0) is 20.8. The molecule has 0 fully saturated rings. The van der Waals surface area contributed by atoms with Crippen molar-refractivity contribution >= 4 is 11.3 Å². The number of hydrogen-bond acceptors (Lipinski definition) is 5. The number of rotatable bonds is 6. The fourth-order valence-corrected chi connectivity index (χ4v) is 3.43. The Labute approximate surface area is 166 Å². The topological polar surface area (TPSA) is 88.5 Å². The number of aliphatic hydroxyl groups excluding tert-OH is 2. The molecule has 1 aromatic carbocycles. The van der Waals surface area contributed by atoms with Crippen LogP contribution in [0.25, 0.3) is 5.57 Å². The molecule has 1 aliphatic carbocycles. The van der Waals surface area contributed by atoms with Crippen molar-refractivity contribution in [3.8, 4) is 6.07 Å². The predicted octanol–water partition coefficient (Wildman–Crippen LogP) is 1.87. The molecule has 1 aliphatic rings. The summed E-state index contributed by atoms with van der Waals surface area (Å²) in [5.74, 6) is 0.576. The number of hydrogen-bond donors (Lipinski definition) is 3. The Bertz CT molecular complexity index is 902. The molecular formula is C22H28N3O3+. The minimum Gasteiger partial charge on any atom is -0.496 e. The van der Waals surface area contributed by atoms with E-state index in [-0.39, 0.29) is 13.2 Å². The lowest BCUT2D eigenvalue weighted by molar-refractivity contribution is -0.462. The molecule has 0 saturated heterocycles. The van der Waals surface area contributed by atoms with Crippen LogP contribution < -0.4 is 5.32 Å². The second-order valence-electron chi connectivity index (χ2n) is 6.86. The zero-order valence-corrected chi connectivity index (χ0v) is 17.1. The summed E-state index contributed by atoms with van der Waals surface area (Å²) in [6.45, 7) is 2.06. The molecule has 6 heteroatoms. The molecule has 2 rings (SSSR count). The van der Waals surface area contributed by atoms with Crippen molar-refractivity contribution in [2.75, 3.05) is 28.3 Å². The fraction of sp³-hybridized carbons (Fsp3) is 0.364. The van der Waals surface area contributed by atoms with Crippen molar-refractivity contribution in [2.45, 2.75) is 26.7 Å². The van der Waals surface area contributed by atoms with Crippen LogP contribution >= 0.6 is 0 Å². The van der Waals surface area contributed by atoms with Gasteiger partial charge in [0, 0.05) is 23.8 Å². The lowest BCUT2D eigenvalue weighted by Gasteiger charge is -2.21. The summed E-state index contributed by atoms with van der Waals surface area (Å²) in [4.78, 5) is 0. The summed E-state index contributed by atoms with van der Waals surface area (Å²) in [5, 5.41) is 33.0. The summed E-state index contributed by atoms with van der Waals surface area (Å²) in [5.41, 5.74) is 5.59. The molecule has 0 unspecified atom stereocenters. The molecule has 0 aliphatic heterocycles. The van der Waals surface area contributed by atoms with Gasteiger partial charge in [0.2, 0.25) is 5.71 Å². The fourth-order valence-electron chi connectivity index (χ4n) is 3.43. The maximum atomic E-state index is 10.0. The Hall–Kier alpha value is -2.72. The molecule has 0 radical (unpaired) electrons. The van der Waals surface area contributed by atoms with Crippen LogP contribution in [0.15, 0.2) is 41.2 Å². The van der Waals surface area contributed by atoms with Crippen LogP contribution in [0.2, 0.25) is 0 Å². The van der Waals surface area contributed by atoms with E-state index in [9.17, 15) is 15.5 Å². The number of allylic oxidation sites excluding steroid dienone is 4. The van der Waals surface area contributed by atoms with Gasteiger partial charge in [0.05, 0.1) is 32.0 Å². The second kappa shape index (κ2) is 9.47. The van der Waals surface area contributed by atoms with Gasteiger partial charge in [-0.1, -0.05) is 12.1 Å². The van der Waals surface area contributed by atoms with Crippen molar-refractivity contribution < 1.29 is 19.5 Å². The molecule has 0 amide bonds. The van der Waals surface area contributed by atoms with E-state index < -0.39 is 0 Å². The van der Waals surface area contributed by atoms with E-state index in [2.05, 4.69) is 11.4 Å². The number of ether oxygens (including phenoxy) is 1. The van der Waals surface area contributed by atoms with E-state index in [1.807, 2.05) is 56.9 Å². The third-order valence-corrected chi connectivity index (χ3v) is 4.72. The number of nitrogens with one attached hydrogen (secondary N) is 1. The first-order valence-corrected chi connectivity index (χ1v) is 9.06. The van der Waals surface area contributed by atoms with Crippen LogP contribution in [0.3, 0.4) is 0 Å². The number of aliphatic hydroxyl groups is 2. The van der Waals surface area contributed by atoms with Crippen molar-refractivity contribution in [1.29, 1.82) is 5.26 Å². The van der Waals surface area contributed by atoms with Crippen LogP contribution in [-0.4, -0.2) is 48.8 Å². The lowest BCUT2D eigenvalue weighted by Crippen LogP contribution is -2.16. The zero-order valence-electron chi connectivity index (χ0n) is 17.1. The molecule has 0 spiro atoms. The van der Waals surface area contributed by atoms with Gasteiger partial charge in [0.1, 0.15) is 25.9 Å². The van der Waals surface area contributed by atoms with E-state index in [0.29, 0.717) is 40.1 Å². The van der Waals surface area contributed by atoms with Crippen LogP contribution in [-0.2, 0) is 24.5 Å². The highest BCUT2D eigenvalue weighted by Gasteiger charge is 2.25. The summed E-state index contributed by atoms with van der Waals surface area (Å²) in [6, 6.07) is 6.00. The molecule has 6 nitrogen and oxygen atoms in total. The van der Waals surface area contributed by atoms with Crippen molar-refractivity contribution in [3.05, 3.63) is 63.4 Å². The maximum absolute atomic E-state index is 10.0. The highest BCUT2D eigenvalue weighted by molar-refractivity contribution is 6.05. The minimum absolute atomic E-state index is 0.234. The maximum Gasteiger partial charge on any atom is 0.203 e. The average Bonchev–Trinajstić information content (AvgIpc) is 2.69. The molecule has 28 heavy (non-hydrogen) atoms. The highest BCUT2D eigenvalue weighted by Crippen LogP contribution is 2.35. The molecule has 0 bridgehead atoms. The summed E-state index contributed by atoms with van der Waals surface area (Å²) in [7, 11) is 7.29. The van der Waals surface area contributed by atoms with Gasteiger partial charge in [-0.2, -0.15) is 5.26 Å². The summed E-state index contributed by atoms with van der Waals surface area (Å²) >= 11 is 0. The van der Waals surface area contributed by atoms with E-state index in [0.717, 1.165) is 16.8 Å². The van der Waals surface area contributed by atoms with Gasteiger partial charge < -0.3 is 20.3 Å². The number of nitrogens with zero attached hydrogens (tertiary/aromatic N) is 2. The van der Waals surface area contributed by atoms with Crippen LogP contribution in [0.4, 0.5) is 0 Å². The molecule has 1 aromatic rings. The van der Waals surface area contributed by atoms with Crippen LogP contribution in [0.5, 0.6) is 0 Å². The number of methoxy groups -OCH3 is 1. The monoisotopic (exact) mass is 382 g/mol. The summed E-state index contributed by atoms with van der Waals surface area (Å²) < 4.78 is 7.57. The Morgan fingerprint density at radius 2 is 1.79 bits per heavy atom. The Morgan fingerprint density at radius 1 is 1.18 bits per heavy atom. The first kappa shape index (κ1) is 21.6. The molecule has 0 aromatic heterocycles. The molecule has 148 valence electrons. The number of nitriles is 1. The van der Waals surface area contributed by atoms with E-state index in [4.69, 9.17) is 4.74 Å². The Kier molecular flexibility index (Phi) is 7.30. The third-order valence-electron chi connectivity index (χ3n) is 4.72. The summed E-state index contributed by atoms with van der Waals surface area (Å²) in [6.07, 6.45) is 3.87. The largest absolute Gasteiger partial charge is 0.496 e. The molecule has 0 heterocycles. The van der Waals surface area contributed by atoms with Gasteiger partial charge in [-0.15, -0.1) is 0 Å². The molecule has 0 atom stereocenters. The van der Waals surface area contributed by atoms with Crippen molar-refractivity contribution in [3.63, 3.8) is 0 Å². The quantitative estimate of drug-likeness (QED) is 0.516.